The minimum absolute atomic E-state index is 0.262. The Kier molecular flexibility index (Phi) is 6.02. The number of rotatable bonds is 5. The van der Waals surface area contributed by atoms with Crippen LogP contribution in [-0.2, 0) is 10.3 Å². The summed E-state index contributed by atoms with van der Waals surface area (Å²) in [4.78, 5) is 40.0. The summed E-state index contributed by atoms with van der Waals surface area (Å²) in [5, 5.41) is 2.77. The Bertz CT molecular complexity index is 1110. The maximum absolute atomic E-state index is 13.3. The molecular formula is C27H30N2O5. The van der Waals surface area contributed by atoms with Gasteiger partial charge >= 0.3 is 6.03 Å². The number of hydrogen-bond acceptors (Lipinski definition) is 5. The number of ether oxygens (including phenoxy) is 2. The van der Waals surface area contributed by atoms with E-state index in [2.05, 4.69) is 5.32 Å². The molecule has 5 rings (SSSR count). The predicted octanol–water partition coefficient (Wildman–Crippen LogP) is 4.55. The van der Waals surface area contributed by atoms with Crippen molar-refractivity contribution >= 4 is 17.7 Å². The lowest BCUT2D eigenvalue weighted by molar-refractivity contribution is -0.130. The van der Waals surface area contributed by atoms with Crippen molar-refractivity contribution in [2.45, 2.75) is 56.9 Å². The summed E-state index contributed by atoms with van der Waals surface area (Å²) in [6.45, 7) is 2.44. The van der Waals surface area contributed by atoms with E-state index in [-0.39, 0.29) is 12.3 Å². The first-order valence-corrected chi connectivity index (χ1v) is 12.1. The maximum atomic E-state index is 13.3. The first-order chi connectivity index (χ1) is 16.5. The Hall–Kier alpha value is -3.35. The highest BCUT2D eigenvalue weighted by atomic mass is 16.5. The number of benzene rings is 2. The van der Waals surface area contributed by atoms with Crippen molar-refractivity contribution < 1.29 is 23.9 Å². The molecule has 34 heavy (non-hydrogen) atoms. The molecule has 178 valence electrons. The quantitative estimate of drug-likeness (QED) is 0.521. The van der Waals surface area contributed by atoms with Crippen LogP contribution in [0, 0.1) is 0 Å². The predicted molar refractivity (Wildman–Crippen MR) is 126 cm³/mol. The largest absolute Gasteiger partial charge is 0.490 e. The molecule has 1 saturated carbocycles. The van der Waals surface area contributed by atoms with E-state index in [1.165, 1.54) is 37.7 Å². The van der Waals surface area contributed by atoms with Crippen LogP contribution in [0.5, 0.6) is 11.5 Å². The number of carbonyl (C=O) groups is 3. The normalized spacial score (nSPS) is 22.9. The number of Topliss-reactive ketones (excluding diaryl/α,β-unsaturated/α-hetero) is 1. The van der Waals surface area contributed by atoms with E-state index < -0.39 is 17.5 Å². The Labute approximate surface area is 199 Å². The number of carbonyl (C=O) groups excluding carboxylic acids is 3. The zero-order valence-electron chi connectivity index (χ0n) is 19.5. The van der Waals surface area contributed by atoms with Crippen LogP contribution in [0.4, 0.5) is 4.79 Å². The molecule has 0 bridgehead atoms. The van der Waals surface area contributed by atoms with Crippen molar-refractivity contribution in [1.82, 2.24) is 10.2 Å². The Balaban J connectivity index is 1.30. The van der Waals surface area contributed by atoms with E-state index in [4.69, 9.17) is 9.47 Å². The molecule has 2 aliphatic heterocycles. The van der Waals surface area contributed by atoms with E-state index >= 15 is 0 Å². The second kappa shape index (κ2) is 9.12. The molecule has 2 aromatic carbocycles. The van der Waals surface area contributed by atoms with E-state index in [1.807, 2.05) is 24.3 Å². The molecule has 1 atom stereocenters. The van der Waals surface area contributed by atoms with Crippen molar-refractivity contribution in [3.8, 4) is 11.5 Å². The molecule has 7 heteroatoms. The maximum Gasteiger partial charge on any atom is 0.325 e. The highest BCUT2D eigenvalue weighted by Gasteiger charge is 2.49. The summed E-state index contributed by atoms with van der Waals surface area (Å²) in [6.07, 6.45) is 6.94. The first kappa shape index (κ1) is 22.4. The molecular weight excluding hydrogens is 432 g/mol. The lowest BCUT2D eigenvalue weighted by Gasteiger charge is -2.23. The third kappa shape index (κ3) is 4.15. The number of imide groups is 1. The van der Waals surface area contributed by atoms with Crippen LogP contribution in [0.15, 0.2) is 42.5 Å². The van der Waals surface area contributed by atoms with Gasteiger partial charge in [-0.05, 0) is 48.9 Å². The highest BCUT2D eigenvalue weighted by molar-refractivity contribution is 6.11. The second-order valence-electron chi connectivity index (χ2n) is 9.54. The first-order valence-electron chi connectivity index (χ1n) is 12.1. The number of hydrogen-bond donors (Lipinski definition) is 1. The van der Waals surface area contributed by atoms with Gasteiger partial charge < -0.3 is 14.8 Å². The molecule has 1 unspecified atom stereocenters. The molecule has 0 aromatic heterocycles. The summed E-state index contributed by atoms with van der Waals surface area (Å²) < 4.78 is 11.4. The van der Waals surface area contributed by atoms with Gasteiger partial charge in [0.05, 0.1) is 19.8 Å². The van der Waals surface area contributed by atoms with Gasteiger partial charge in [0.15, 0.2) is 17.3 Å². The van der Waals surface area contributed by atoms with Crippen LogP contribution in [-0.4, -0.2) is 42.4 Å². The van der Waals surface area contributed by atoms with Crippen molar-refractivity contribution in [2.24, 2.45) is 0 Å². The zero-order chi connectivity index (χ0) is 23.7. The van der Waals surface area contributed by atoms with Crippen LogP contribution in [0.25, 0.3) is 0 Å². The molecule has 0 spiro atoms. The van der Waals surface area contributed by atoms with Gasteiger partial charge in [-0.15, -0.1) is 0 Å². The van der Waals surface area contributed by atoms with E-state index in [1.54, 1.807) is 25.1 Å². The van der Waals surface area contributed by atoms with Gasteiger partial charge in [-0.25, -0.2) is 4.79 Å². The van der Waals surface area contributed by atoms with Gasteiger partial charge in [0.25, 0.3) is 5.91 Å². The summed E-state index contributed by atoms with van der Waals surface area (Å²) >= 11 is 0. The zero-order valence-corrected chi connectivity index (χ0v) is 19.5. The summed E-state index contributed by atoms with van der Waals surface area (Å²) in [5.41, 5.74) is 1.06. The average molecular weight is 463 g/mol. The molecule has 2 aromatic rings. The van der Waals surface area contributed by atoms with Gasteiger partial charge in [0, 0.05) is 12.0 Å². The van der Waals surface area contributed by atoms with Crippen molar-refractivity contribution in [1.29, 1.82) is 0 Å². The van der Waals surface area contributed by atoms with Crippen LogP contribution in [0.1, 0.15) is 72.9 Å². The third-order valence-corrected chi connectivity index (χ3v) is 7.21. The topological polar surface area (TPSA) is 84.9 Å². The van der Waals surface area contributed by atoms with Gasteiger partial charge in [-0.3, -0.25) is 14.5 Å². The highest BCUT2D eigenvalue weighted by Crippen LogP contribution is 2.37. The fourth-order valence-corrected chi connectivity index (χ4v) is 5.12. The van der Waals surface area contributed by atoms with Gasteiger partial charge in [0.2, 0.25) is 0 Å². The van der Waals surface area contributed by atoms with Crippen molar-refractivity contribution in [2.75, 3.05) is 19.8 Å². The fraction of sp³-hybridized carbons (Fsp3) is 0.444. The average Bonchev–Trinajstić information content (AvgIpc) is 3.02. The molecule has 2 fully saturated rings. The molecule has 2 heterocycles. The molecule has 3 amide bonds. The minimum atomic E-state index is -1.28. The second-order valence-corrected chi connectivity index (χ2v) is 9.54. The SMILES string of the molecule is CC1(c2ccc3c(c2)OCCCO3)NC(=O)N(CC(=O)c2ccc(C3CCCCC3)cc2)C1=O. The molecule has 7 nitrogen and oxygen atoms in total. The number of nitrogens with one attached hydrogen (secondary N) is 1. The molecule has 1 N–H and O–H groups in total. The van der Waals surface area contributed by atoms with E-state index in [0.29, 0.717) is 41.8 Å². The van der Waals surface area contributed by atoms with Crippen molar-refractivity contribution in [3.63, 3.8) is 0 Å². The third-order valence-electron chi connectivity index (χ3n) is 7.21. The van der Waals surface area contributed by atoms with Crippen LogP contribution < -0.4 is 14.8 Å². The van der Waals surface area contributed by atoms with Crippen LogP contribution in [0.3, 0.4) is 0 Å². The molecule has 3 aliphatic rings. The standard InChI is InChI=1S/C27H30N2O5/c1-27(21-12-13-23-24(16-21)34-15-5-14-33-23)25(31)29(26(32)28-27)17-22(30)20-10-8-19(9-11-20)18-6-3-2-4-7-18/h8-13,16,18H,2-7,14-15,17H2,1H3,(H,28,32). The summed E-state index contributed by atoms with van der Waals surface area (Å²) in [7, 11) is 0. The lowest BCUT2D eigenvalue weighted by atomic mass is 9.84. The van der Waals surface area contributed by atoms with Crippen LogP contribution in [0.2, 0.25) is 0 Å². The lowest BCUT2D eigenvalue weighted by Crippen LogP contribution is -2.41. The monoisotopic (exact) mass is 462 g/mol. The molecule has 1 aliphatic carbocycles. The van der Waals surface area contributed by atoms with Crippen LogP contribution >= 0.6 is 0 Å². The van der Waals surface area contributed by atoms with Crippen molar-refractivity contribution in [3.05, 3.63) is 59.2 Å². The molecule has 0 radical (unpaired) electrons. The fourth-order valence-electron chi connectivity index (χ4n) is 5.12. The molecule has 1 saturated heterocycles. The number of nitrogens with zero attached hydrogens (tertiary/aromatic N) is 1. The smallest absolute Gasteiger partial charge is 0.325 e. The summed E-state index contributed by atoms with van der Waals surface area (Å²) in [5.74, 6) is 0.997. The Morgan fingerprint density at radius 1 is 0.971 bits per heavy atom. The van der Waals surface area contributed by atoms with Gasteiger partial charge in [0.1, 0.15) is 5.54 Å². The van der Waals surface area contributed by atoms with E-state index in [9.17, 15) is 14.4 Å². The van der Waals surface area contributed by atoms with Gasteiger partial charge in [-0.1, -0.05) is 49.6 Å². The van der Waals surface area contributed by atoms with E-state index in [0.717, 1.165) is 11.3 Å². The summed E-state index contributed by atoms with van der Waals surface area (Å²) in [6, 6.07) is 12.3. The Morgan fingerprint density at radius 2 is 1.68 bits per heavy atom. The number of fused-ring (bicyclic) bond motifs is 1. The van der Waals surface area contributed by atoms with Gasteiger partial charge in [-0.2, -0.15) is 0 Å². The number of ketones is 1. The number of urea groups is 1. The number of amides is 3. The minimum Gasteiger partial charge on any atom is -0.490 e. The Morgan fingerprint density at radius 3 is 2.41 bits per heavy atom.